The molecular weight excluding hydrogens is 304 g/mol. The van der Waals surface area contributed by atoms with Gasteiger partial charge in [0.25, 0.3) is 0 Å². The van der Waals surface area contributed by atoms with Crippen molar-refractivity contribution in [3.05, 3.63) is 0 Å². The molecule has 136 valence electrons. The summed E-state index contributed by atoms with van der Waals surface area (Å²) in [5.41, 5.74) is 5.64. The Kier molecular flexibility index (Phi) is 5.05. The predicted octanol–water partition coefficient (Wildman–Crippen LogP) is -0.894. The smallest absolute Gasteiger partial charge is 0.224 e. The van der Waals surface area contributed by atoms with Gasteiger partial charge in [0.2, 0.25) is 5.91 Å². The van der Waals surface area contributed by atoms with E-state index in [0.29, 0.717) is 18.6 Å². The molecule has 0 aromatic carbocycles. The number of nitrogens with one attached hydrogen (secondary N) is 4. The summed E-state index contributed by atoms with van der Waals surface area (Å²) in [6.07, 6.45) is 7.83. The number of amides is 1. The molecule has 0 radical (unpaired) electrons. The molecule has 6 N–H and O–H groups in total. The number of rotatable bonds is 5. The van der Waals surface area contributed by atoms with Crippen molar-refractivity contribution in [2.75, 3.05) is 26.2 Å². The maximum atomic E-state index is 11.9. The lowest BCUT2D eigenvalue weighted by atomic mass is 9.95. The van der Waals surface area contributed by atoms with Crippen LogP contribution in [0.25, 0.3) is 0 Å². The quantitative estimate of drug-likeness (QED) is 0.447. The second-order valence-corrected chi connectivity index (χ2v) is 8.00. The molecule has 0 aromatic rings. The van der Waals surface area contributed by atoms with Crippen molar-refractivity contribution in [1.29, 1.82) is 0 Å². The van der Waals surface area contributed by atoms with E-state index in [1.807, 2.05) is 0 Å². The van der Waals surface area contributed by atoms with Gasteiger partial charge in [-0.1, -0.05) is 0 Å². The Hall–Kier alpha value is -0.730. The minimum Gasteiger partial charge on any atom is -0.369 e. The van der Waals surface area contributed by atoms with Crippen molar-refractivity contribution < 1.29 is 4.79 Å². The third-order valence-corrected chi connectivity index (χ3v) is 6.20. The Morgan fingerprint density at radius 3 is 2.46 bits per heavy atom. The highest BCUT2D eigenvalue weighted by Crippen LogP contribution is 2.35. The van der Waals surface area contributed by atoms with Gasteiger partial charge in [0.15, 0.2) is 0 Å². The van der Waals surface area contributed by atoms with Gasteiger partial charge in [-0.15, -0.1) is 0 Å². The first kappa shape index (κ1) is 16.7. The van der Waals surface area contributed by atoms with Crippen LogP contribution in [-0.4, -0.2) is 61.5 Å². The Morgan fingerprint density at radius 2 is 1.83 bits per heavy atom. The molecule has 0 spiro atoms. The van der Waals surface area contributed by atoms with Crippen molar-refractivity contribution >= 4 is 5.91 Å². The number of nitrogens with zero attached hydrogens (tertiary/aromatic N) is 1. The minimum atomic E-state index is -0.230. The summed E-state index contributed by atoms with van der Waals surface area (Å²) < 4.78 is 0. The van der Waals surface area contributed by atoms with E-state index in [9.17, 15) is 4.79 Å². The van der Waals surface area contributed by atoms with Gasteiger partial charge in [0.05, 0.1) is 12.1 Å². The molecule has 7 nitrogen and oxygen atoms in total. The van der Waals surface area contributed by atoms with Crippen LogP contribution in [0.3, 0.4) is 0 Å². The van der Waals surface area contributed by atoms with Crippen LogP contribution in [0.1, 0.15) is 38.5 Å². The number of piperidine rings is 1. The molecule has 4 aliphatic rings. The van der Waals surface area contributed by atoms with E-state index in [2.05, 4.69) is 26.2 Å². The average Bonchev–Trinajstić information content (AvgIpc) is 3.29. The van der Waals surface area contributed by atoms with Gasteiger partial charge in [-0.2, -0.15) is 0 Å². The Balaban J connectivity index is 1.33. The molecule has 5 atom stereocenters. The fourth-order valence-electron chi connectivity index (χ4n) is 4.54. The maximum Gasteiger partial charge on any atom is 0.224 e. The molecule has 5 unspecified atom stereocenters. The molecule has 1 aliphatic carbocycles. The third-order valence-electron chi connectivity index (χ3n) is 6.20. The average molecular weight is 336 g/mol. The van der Waals surface area contributed by atoms with E-state index < -0.39 is 0 Å². The number of hydrogen-bond acceptors (Lipinski definition) is 6. The van der Waals surface area contributed by atoms with Gasteiger partial charge in [-0.05, 0) is 44.4 Å². The lowest BCUT2D eigenvalue weighted by Gasteiger charge is -2.43. The normalized spacial score (nSPS) is 41.4. The lowest BCUT2D eigenvalue weighted by molar-refractivity contribution is -0.124. The molecule has 24 heavy (non-hydrogen) atoms. The fourth-order valence-corrected chi connectivity index (χ4v) is 4.54. The van der Waals surface area contributed by atoms with Crippen molar-refractivity contribution in [2.24, 2.45) is 17.6 Å². The first-order chi connectivity index (χ1) is 11.7. The van der Waals surface area contributed by atoms with Crippen molar-refractivity contribution in [3.8, 4) is 0 Å². The molecule has 7 heteroatoms. The van der Waals surface area contributed by atoms with E-state index in [4.69, 9.17) is 5.73 Å². The summed E-state index contributed by atoms with van der Waals surface area (Å²) in [5, 5.41) is 14.4. The summed E-state index contributed by atoms with van der Waals surface area (Å²) >= 11 is 0. The second kappa shape index (κ2) is 7.25. The summed E-state index contributed by atoms with van der Waals surface area (Å²) in [7, 11) is 0. The summed E-state index contributed by atoms with van der Waals surface area (Å²) in [6, 6.07) is 1.13. The van der Waals surface area contributed by atoms with Crippen LogP contribution in [0.15, 0.2) is 0 Å². The lowest BCUT2D eigenvalue weighted by Crippen LogP contribution is -2.71. The van der Waals surface area contributed by atoms with E-state index >= 15 is 0 Å². The van der Waals surface area contributed by atoms with Gasteiger partial charge in [0, 0.05) is 38.3 Å². The van der Waals surface area contributed by atoms with E-state index in [0.717, 1.165) is 25.6 Å². The van der Waals surface area contributed by atoms with Crippen LogP contribution in [-0.2, 0) is 4.79 Å². The highest BCUT2D eigenvalue weighted by molar-refractivity contribution is 5.77. The van der Waals surface area contributed by atoms with E-state index in [-0.39, 0.29) is 24.3 Å². The Morgan fingerprint density at radius 1 is 1.04 bits per heavy atom. The molecule has 3 aliphatic heterocycles. The van der Waals surface area contributed by atoms with Crippen LogP contribution in [0.2, 0.25) is 0 Å². The van der Waals surface area contributed by atoms with Crippen LogP contribution in [0.5, 0.6) is 0 Å². The number of likely N-dealkylation sites (tertiary alicyclic amines) is 1. The number of carbonyl (C=O) groups is 1. The van der Waals surface area contributed by atoms with Gasteiger partial charge in [-0.25, -0.2) is 0 Å². The number of primary amides is 1. The zero-order valence-corrected chi connectivity index (χ0v) is 14.5. The summed E-state index contributed by atoms with van der Waals surface area (Å²) in [4.78, 5) is 14.3. The molecule has 0 bridgehead atoms. The van der Waals surface area contributed by atoms with Gasteiger partial charge in [-0.3, -0.25) is 25.6 Å². The third kappa shape index (κ3) is 3.75. The second-order valence-electron chi connectivity index (χ2n) is 8.00. The zero-order valence-electron chi connectivity index (χ0n) is 14.5. The molecular formula is C17H32N6O. The van der Waals surface area contributed by atoms with Gasteiger partial charge in [0.1, 0.15) is 6.29 Å². The summed E-state index contributed by atoms with van der Waals surface area (Å²) in [5.74, 6) is 0.484. The fraction of sp³-hybridized carbons (Fsp3) is 0.941. The topological polar surface area (TPSA) is 94.5 Å². The molecule has 4 fully saturated rings. The number of hydrogen-bond donors (Lipinski definition) is 5. The van der Waals surface area contributed by atoms with E-state index in [1.54, 1.807) is 0 Å². The Bertz CT molecular complexity index is 442. The molecule has 3 saturated heterocycles. The largest absolute Gasteiger partial charge is 0.369 e. The standard InChI is InChI=1S/C17H32N6O/c18-15(24)13-10-20-17(23-7-1-2-8-23)22-16(13)21-12-5-6-14(19-9-12)11-3-4-11/h11-14,16-17,19-22H,1-10H2,(H2,18,24). The molecule has 0 aromatic heterocycles. The van der Waals surface area contributed by atoms with Crippen molar-refractivity contribution in [1.82, 2.24) is 26.2 Å². The molecule has 4 rings (SSSR count). The van der Waals surface area contributed by atoms with Crippen molar-refractivity contribution in [2.45, 2.75) is 63.1 Å². The predicted molar refractivity (Wildman–Crippen MR) is 92.9 cm³/mol. The van der Waals surface area contributed by atoms with Crippen LogP contribution in [0, 0.1) is 11.8 Å². The molecule has 3 heterocycles. The Labute approximate surface area is 144 Å². The highest BCUT2D eigenvalue weighted by atomic mass is 16.1. The molecule has 1 saturated carbocycles. The van der Waals surface area contributed by atoms with E-state index in [1.165, 1.54) is 38.5 Å². The number of nitrogens with two attached hydrogens (primary N) is 1. The first-order valence-corrected chi connectivity index (χ1v) is 9.73. The maximum absolute atomic E-state index is 11.9. The molecule has 1 amide bonds. The van der Waals surface area contributed by atoms with Gasteiger partial charge < -0.3 is 11.1 Å². The van der Waals surface area contributed by atoms with Crippen LogP contribution >= 0.6 is 0 Å². The van der Waals surface area contributed by atoms with Crippen LogP contribution in [0.4, 0.5) is 0 Å². The van der Waals surface area contributed by atoms with Crippen LogP contribution < -0.4 is 27.0 Å². The minimum absolute atomic E-state index is 0.0429. The van der Waals surface area contributed by atoms with Gasteiger partial charge >= 0.3 is 0 Å². The van der Waals surface area contributed by atoms with Crippen molar-refractivity contribution in [3.63, 3.8) is 0 Å². The summed E-state index contributed by atoms with van der Waals surface area (Å²) in [6.45, 7) is 3.87. The monoisotopic (exact) mass is 336 g/mol. The highest BCUT2D eigenvalue weighted by Gasteiger charge is 2.38. The SMILES string of the molecule is NC(=O)C1CNC(N2CCCC2)NC1NC1CCC(C2CC2)NC1. The first-order valence-electron chi connectivity index (χ1n) is 9.73. The number of carbonyl (C=O) groups excluding carboxylic acids is 1. The zero-order chi connectivity index (χ0) is 16.5.